The zero-order chi connectivity index (χ0) is 20.8. The van der Waals surface area contributed by atoms with Crippen molar-refractivity contribution < 1.29 is 18.7 Å². The number of hydrogen-bond donors (Lipinski definition) is 4. The monoisotopic (exact) mass is 399 g/mol. The minimum Gasteiger partial charge on any atom is -0.394 e. The molecule has 0 radical (unpaired) electrons. The van der Waals surface area contributed by atoms with Crippen LogP contribution in [0.2, 0.25) is 0 Å². The largest absolute Gasteiger partial charge is 0.394 e. The van der Waals surface area contributed by atoms with Gasteiger partial charge < -0.3 is 10.4 Å². The molecule has 0 saturated heterocycles. The van der Waals surface area contributed by atoms with Gasteiger partial charge in [-0.3, -0.25) is 15.2 Å². The van der Waals surface area contributed by atoms with Crippen molar-refractivity contribution in [3.63, 3.8) is 0 Å². The van der Waals surface area contributed by atoms with E-state index in [1.807, 2.05) is 0 Å². The number of aromatic amines is 1. The number of rotatable bonds is 5. The maximum absolute atomic E-state index is 13.1. The van der Waals surface area contributed by atoms with Crippen LogP contribution in [0.25, 0.3) is 11.3 Å². The summed E-state index contributed by atoms with van der Waals surface area (Å²) >= 11 is 0. The van der Waals surface area contributed by atoms with Crippen LogP contribution >= 0.6 is 0 Å². The van der Waals surface area contributed by atoms with Crippen molar-refractivity contribution in [1.82, 2.24) is 15.5 Å². The predicted octanol–water partition coefficient (Wildman–Crippen LogP) is 2.93. The first-order chi connectivity index (χ1) is 13.9. The Morgan fingerprint density at radius 1 is 1.14 bits per heavy atom. The van der Waals surface area contributed by atoms with Gasteiger partial charge in [-0.2, -0.15) is 5.10 Å². The first kappa shape index (κ1) is 20.2. The number of aliphatic hydroxyl groups is 1. The van der Waals surface area contributed by atoms with Gasteiger partial charge in [-0.15, -0.1) is 0 Å². The SMILES string of the molecule is C[C@@H](CO)N=C(NC(=O)c1ccc(F)cc1)Nc1cc(-c2ccc(F)cc2)[nH]n1. The van der Waals surface area contributed by atoms with Gasteiger partial charge in [0.15, 0.2) is 5.82 Å². The Labute approximate surface area is 165 Å². The summed E-state index contributed by atoms with van der Waals surface area (Å²) in [5.74, 6) is -0.879. The second-order valence-electron chi connectivity index (χ2n) is 6.27. The van der Waals surface area contributed by atoms with E-state index in [0.29, 0.717) is 11.5 Å². The summed E-state index contributed by atoms with van der Waals surface area (Å²) in [5.41, 5.74) is 1.60. The molecule has 0 aliphatic carbocycles. The number of hydrogen-bond acceptors (Lipinski definition) is 4. The van der Waals surface area contributed by atoms with E-state index in [-0.39, 0.29) is 23.9 Å². The van der Waals surface area contributed by atoms with E-state index < -0.39 is 17.8 Å². The zero-order valence-electron chi connectivity index (χ0n) is 15.5. The van der Waals surface area contributed by atoms with Crippen LogP contribution in [0.4, 0.5) is 14.6 Å². The van der Waals surface area contributed by atoms with Gasteiger partial charge in [0.05, 0.1) is 18.3 Å². The highest BCUT2D eigenvalue weighted by Crippen LogP contribution is 2.20. The van der Waals surface area contributed by atoms with E-state index in [4.69, 9.17) is 0 Å². The van der Waals surface area contributed by atoms with Gasteiger partial charge in [0.1, 0.15) is 11.6 Å². The van der Waals surface area contributed by atoms with Crippen molar-refractivity contribution in [2.45, 2.75) is 13.0 Å². The fourth-order valence-electron chi connectivity index (χ4n) is 2.42. The number of amides is 1. The molecular formula is C20H19F2N5O2. The van der Waals surface area contributed by atoms with Crippen molar-refractivity contribution in [1.29, 1.82) is 0 Å². The molecule has 0 bridgehead atoms. The number of guanidine groups is 1. The first-order valence-electron chi connectivity index (χ1n) is 8.78. The number of carbonyl (C=O) groups is 1. The van der Waals surface area contributed by atoms with E-state index in [9.17, 15) is 18.7 Å². The summed E-state index contributed by atoms with van der Waals surface area (Å²) in [7, 11) is 0. The Morgan fingerprint density at radius 2 is 1.76 bits per heavy atom. The number of halogens is 2. The number of anilines is 1. The first-order valence-corrected chi connectivity index (χ1v) is 8.78. The fraction of sp³-hybridized carbons (Fsp3) is 0.150. The van der Waals surface area contributed by atoms with Gasteiger partial charge in [0.2, 0.25) is 5.96 Å². The molecule has 2 aromatic carbocycles. The van der Waals surface area contributed by atoms with Crippen molar-refractivity contribution in [3.05, 3.63) is 71.8 Å². The van der Waals surface area contributed by atoms with Gasteiger partial charge in [-0.1, -0.05) is 0 Å². The molecule has 0 fully saturated rings. The molecule has 0 unspecified atom stereocenters. The molecule has 9 heteroatoms. The van der Waals surface area contributed by atoms with Crippen LogP contribution in [0.15, 0.2) is 59.6 Å². The molecule has 1 heterocycles. The third-order valence-electron chi connectivity index (χ3n) is 3.93. The number of aromatic nitrogens is 2. The second kappa shape index (κ2) is 9.07. The summed E-state index contributed by atoms with van der Waals surface area (Å²) in [4.78, 5) is 16.6. The number of carbonyl (C=O) groups excluding carboxylic acids is 1. The van der Waals surface area contributed by atoms with Gasteiger partial charge in [-0.25, -0.2) is 13.8 Å². The molecule has 3 rings (SSSR count). The Bertz CT molecular complexity index is 1000. The van der Waals surface area contributed by atoms with Gasteiger partial charge >= 0.3 is 0 Å². The quantitative estimate of drug-likeness (QED) is 0.391. The van der Waals surface area contributed by atoms with Crippen LogP contribution in [0.1, 0.15) is 17.3 Å². The summed E-state index contributed by atoms with van der Waals surface area (Å²) in [6, 6.07) is 12.1. The molecular weight excluding hydrogens is 380 g/mol. The van der Waals surface area contributed by atoms with Crippen LogP contribution < -0.4 is 10.6 Å². The molecule has 7 nitrogen and oxygen atoms in total. The molecule has 0 spiro atoms. The molecule has 1 aromatic heterocycles. The summed E-state index contributed by atoms with van der Waals surface area (Å²) in [6.07, 6.45) is 0. The molecule has 0 aliphatic heterocycles. The van der Waals surface area contributed by atoms with E-state index in [0.717, 1.165) is 5.56 Å². The fourth-order valence-corrected chi connectivity index (χ4v) is 2.42. The topological polar surface area (TPSA) is 102 Å². The lowest BCUT2D eigenvalue weighted by molar-refractivity contribution is 0.0976. The highest BCUT2D eigenvalue weighted by atomic mass is 19.1. The van der Waals surface area contributed by atoms with Crippen LogP contribution in [0.5, 0.6) is 0 Å². The third kappa shape index (κ3) is 5.45. The minimum atomic E-state index is -0.504. The normalized spacial score (nSPS) is 12.5. The summed E-state index contributed by atoms with van der Waals surface area (Å²) in [6.45, 7) is 1.44. The lowest BCUT2D eigenvalue weighted by Crippen LogP contribution is -2.37. The molecule has 1 amide bonds. The Balaban J connectivity index is 1.77. The van der Waals surface area contributed by atoms with E-state index in [1.54, 1.807) is 25.1 Å². The lowest BCUT2D eigenvalue weighted by atomic mass is 10.1. The Hall–Kier alpha value is -3.59. The second-order valence-corrected chi connectivity index (χ2v) is 6.27. The average Bonchev–Trinajstić information content (AvgIpc) is 3.17. The third-order valence-corrected chi connectivity index (χ3v) is 3.93. The summed E-state index contributed by atoms with van der Waals surface area (Å²) < 4.78 is 26.1. The smallest absolute Gasteiger partial charge is 0.257 e. The zero-order valence-corrected chi connectivity index (χ0v) is 15.5. The van der Waals surface area contributed by atoms with Crippen LogP contribution in [-0.4, -0.2) is 39.8 Å². The molecule has 1 atom stereocenters. The maximum atomic E-state index is 13.1. The van der Waals surface area contributed by atoms with Crippen LogP contribution in [-0.2, 0) is 0 Å². The molecule has 150 valence electrons. The molecule has 29 heavy (non-hydrogen) atoms. The van der Waals surface area contributed by atoms with Crippen molar-refractivity contribution in [2.75, 3.05) is 11.9 Å². The molecule has 0 aliphatic rings. The van der Waals surface area contributed by atoms with Crippen LogP contribution in [0.3, 0.4) is 0 Å². The molecule has 3 aromatic rings. The minimum absolute atomic E-state index is 0.0676. The van der Waals surface area contributed by atoms with Gasteiger partial charge in [0, 0.05) is 11.6 Å². The number of benzene rings is 2. The van der Waals surface area contributed by atoms with Crippen molar-refractivity contribution in [3.8, 4) is 11.3 Å². The van der Waals surface area contributed by atoms with E-state index >= 15 is 0 Å². The maximum Gasteiger partial charge on any atom is 0.257 e. The van der Waals surface area contributed by atoms with Gasteiger partial charge in [-0.05, 0) is 61.0 Å². The highest BCUT2D eigenvalue weighted by Gasteiger charge is 2.13. The summed E-state index contributed by atoms with van der Waals surface area (Å²) in [5, 5.41) is 21.6. The average molecular weight is 399 g/mol. The lowest BCUT2D eigenvalue weighted by Gasteiger charge is -2.12. The number of aliphatic hydroxyl groups excluding tert-OH is 1. The van der Waals surface area contributed by atoms with Gasteiger partial charge in [0.25, 0.3) is 5.91 Å². The van der Waals surface area contributed by atoms with Crippen molar-refractivity contribution >= 4 is 17.7 Å². The van der Waals surface area contributed by atoms with E-state index in [2.05, 4.69) is 25.8 Å². The molecule has 0 saturated carbocycles. The number of nitrogens with zero attached hydrogens (tertiary/aromatic N) is 2. The predicted molar refractivity (Wildman–Crippen MR) is 105 cm³/mol. The Morgan fingerprint density at radius 3 is 2.38 bits per heavy atom. The van der Waals surface area contributed by atoms with Crippen LogP contribution in [0, 0.1) is 11.6 Å². The Kier molecular flexibility index (Phi) is 6.30. The highest BCUT2D eigenvalue weighted by molar-refractivity contribution is 6.09. The number of nitrogens with one attached hydrogen (secondary N) is 3. The standard InChI is InChI=1S/C20H19F2N5O2/c1-12(11-28)23-20(25-19(29)14-4-8-16(22)9-5-14)24-18-10-17(26-27-18)13-2-6-15(21)7-3-13/h2-10,12,28H,11H2,1H3,(H3,23,24,25,26,27,29)/t12-/m0/s1. The van der Waals surface area contributed by atoms with Crippen molar-refractivity contribution in [2.24, 2.45) is 4.99 Å². The number of H-pyrrole nitrogens is 1. The number of aliphatic imine (C=N–C) groups is 1. The van der Waals surface area contributed by atoms with E-state index in [1.165, 1.54) is 36.4 Å². The molecule has 4 N–H and O–H groups in total.